The fraction of sp³-hybridized carbons (Fsp3) is 0.286. The zero-order chi connectivity index (χ0) is 27.9. The fourth-order valence-corrected chi connectivity index (χ4v) is 5.73. The maximum atomic E-state index is 13.9. The van der Waals surface area contributed by atoms with E-state index in [1.807, 2.05) is 19.9 Å². The topological polar surface area (TPSA) is 86.8 Å². The Balaban J connectivity index is 1.99. The third kappa shape index (κ3) is 7.94. The number of nitrogens with one attached hydrogen (secondary N) is 1. The Hall–Kier alpha value is -2.63. The first kappa shape index (κ1) is 29.9. The van der Waals surface area contributed by atoms with Crippen molar-refractivity contribution in [3.8, 4) is 0 Å². The normalized spacial score (nSPS) is 12.2. The number of anilines is 1. The average Bonchev–Trinajstić information content (AvgIpc) is 2.89. The Morgan fingerprint density at radius 3 is 2.21 bits per heavy atom. The van der Waals surface area contributed by atoms with Gasteiger partial charge in [-0.3, -0.25) is 13.9 Å². The van der Waals surface area contributed by atoms with Crippen molar-refractivity contribution < 1.29 is 18.0 Å². The molecule has 1 atom stereocenters. The third-order valence-corrected chi connectivity index (χ3v) is 8.56. The summed E-state index contributed by atoms with van der Waals surface area (Å²) in [7, 11) is -4.08. The van der Waals surface area contributed by atoms with Gasteiger partial charge in [-0.05, 0) is 89.5 Å². The zero-order valence-corrected chi connectivity index (χ0v) is 25.2. The first-order valence-corrected chi connectivity index (χ1v) is 15.0. The van der Waals surface area contributed by atoms with Crippen molar-refractivity contribution in [3.05, 3.63) is 93.0 Å². The number of rotatable bonds is 11. The minimum atomic E-state index is -4.08. The molecule has 1 N–H and O–H groups in total. The van der Waals surface area contributed by atoms with Crippen LogP contribution in [-0.2, 0) is 26.2 Å². The molecular formula is C28H31ClIN3O4S. The molecule has 10 heteroatoms. The Labute approximate surface area is 243 Å². The Bertz CT molecular complexity index is 1350. The second-order valence-electron chi connectivity index (χ2n) is 9.27. The van der Waals surface area contributed by atoms with Crippen LogP contribution in [0.4, 0.5) is 5.69 Å². The second-order valence-corrected chi connectivity index (χ2v) is 12.8. The summed E-state index contributed by atoms with van der Waals surface area (Å²) < 4.78 is 29.4. The number of halogens is 2. The van der Waals surface area contributed by atoms with Gasteiger partial charge in [0.15, 0.2) is 0 Å². The smallest absolute Gasteiger partial charge is 0.264 e. The van der Waals surface area contributed by atoms with Gasteiger partial charge in [0, 0.05) is 21.7 Å². The molecule has 3 aromatic rings. The molecule has 0 unspecified atom stereocenters. The summed E-state index contributed by atoms with van der Waals surface area (Å²) in [6, 6.07) is 21.0. The lowest BCUT2D eigenvalue weighted by molar-refractivity contribution is -0.139. The van der Waals surface area contributed by atoms with Crippen LogP contribution >= 0.6 is 34.2 Å². The monoisotopic (exact) mass is 667 g/mol. The van der Waals surface area contributed by atoms with E-state index in [0.717, 1.165) is 13.4 Å². The molecule has 0 aliphatic heterocycles. The highest BCUT2D eigenvalue weighted by atomic mass is 127. The first-order valence-electron chi connectivity index (χ1n) is 12.1. The number of hydrogen-bond acceptors (Lipinski definition) is 4. The Morgan fingerprint density at radius 2 is 1.61 bits per heavy atom. The maximum Gasteiger partial charge on any atom is 0.264 e. The van der Waals surface area contributed by atoms with Crippen molar-refractivity contribution in [3.63, 3.8) is 0 Å². The molecule has 0 bridgehead atoms. The number of hydrogen-bond donors (Lipinski definition) is 1. The molecule has 0 saturated heterocycles. The molecule has 0 heterocycles. The number of benzene rings is 3. The van der Waals surface area contributed by atoms with Crippen LogP contribution in [0.1, 0.15) is 26.3 Å². The molecule has 0 aliphatic rings. The van der Waals surface area contributed by atoms with Crippen molar-refractivity contribution in [2.75, 3.05) is 17.4 Å². The minimum Gasteiger partial charge on any atom is -0.354 e. The van der Waals surface area contributed by atoms with Crippen LogP contribution in [0.5, 0.6) is 0 Å². The van der Waals surface area contributed by atoms with Gasteiger partial charge in [-0.15, -0.1) is 0 Å². The summed E-state index contributed by atoms with van der Waals surface area (Å²) in [5.74, 6) is -0.605. The molecule has 7 nitrogen and oxygen atoms in total. The molecule has 0 radical (unpaired) electrons. The van der Waals surface area contributed by atoms with Crippen LogP contribution in [0.25, 0.3) is 0 Å². The number of carbonyl (C=O) groups excluding carboxylic acids is 2. The van der Waals surface area contributed by atoms with E-state index in [2.05, 4.69) is 27.9 Å². The van der Waals surface area contributed by atoms with E-state index in [9.17, 15) is 18.0 Å². The number of amides is 2. The second kappa shape index (κ2) is 13.4. The highest BCUT2D eigenvalue weighted by Gasteiger charge is 2.32. The molecule has 3 aromatic carbocycles. The van der Waals surface area contributed by atoms with Crippen molar-refractivity contribution in [2.45, 2.75) is 38.3 Å². The third-order valence-electron chi connectivity index (χ3n) is 5.82. The van der Waals surface area contributed by atoms with Gasteiger partial charge in [0.1, 0.15) is 12.6 Å². The van der Waals surface area contributed by atoms with Crippen LogP contribution < -0.4 is 9.62 Å². The van der Waals surface area contributed by atoms with Crippen molar-refractivity contribution >= 4 is 61.7 Å². The van der Waals surface area contributed by atoms with Gasteiger partial charge >= 0.3 is 0 Å². The molecule has 0 fully saturated rings. The predicted octanol–water partition coefficient (Wildman–Crippen LogP) is 5.33. The van der Waals surface area contributed by atoms with E-state index in [1.54, 1.807) is 67.6 Å². The van der Waals surface area contributed by atoms with Crippen LogP contribution in [0.15, 0.2) is 83.8 Å². The van der Waals surface area contributed by atoms with Gasteiger partial charge in [0.2, 0.25) is 11.8 Å². The minimum absolute atomic E-state index is 0.0652. The molecule has 38 heavy (non-hydrogen) atoms. The van der Waals surface area contributed by atoms with E-state index < -0.39 is 28.5 Å². The summed E-state index contributed by atoms with van der Waals surface area (Å²) in [6.07, 6.45) is 0. The standard InChI is InChI=1S/C28H31ClIN3O4S/c1-20(2)17-31-28(35)21(3)32(18-22-8-7-9-23(29)16-22)27(34)19-33(25-14-12-24(30)13-15-25)38(36,37)26-10-5-4-6-11-26/h4-16,20-21H,17-19H2,1-3H3,(H,31,35)/t21-/m0/s1. The molecule has 0 aromatic heterocycles. The van der Waals surface area contributed by atoms with Crippen LogP contribution in [0.3, 0.4) is 0 Å². The van der Waals surface area contributed by atoms with E-state index in [0.29, 0.717) is 17.3 Å². The predicted molar refractivity (Wildman–Crippen MR) is 159 cm³/mol. The lowest BCUT2D eigenvalue weighted by atomic mass is 10.1. The Morgan fingerprint density at radius 1 is 0.947 bits per heavy atom. The first-order chi connectivity index (χ1) is 18.0. The molecule has 3 rings (SSSR count). The highest BCUT2D eigenvalue weighted by Crippen LogP contribution is 2.25. The van der Waals surface area contributed by atoms with Gasteiger partial charge in [0.25, 0.3) is 10.0 Å². The quantitative estimate of drug-likeness (QED) is 0.280. The Kier molecular flexibility index (Phi) is 10.6. The van der Waals surface area contributed by atoms with Crippen molar-refractivity contribution in [2.24, 2.45) is 5.92 Å². The summed E-state index contributed by atoms with van der Waals surface area (Å²) in [4.78, 5) is 28.3. The molecular weight excluding hydrogens is 637 g/mol. The van der Waals surface area contributed by atoms with Gasteiger partial charge in [-0.25, -0.2) is 8.42 Å². The molecule has 2 amide bonds. The molecule has 202 valence electrons. The zero-order valence-electron chi connectivity index (χ0n) is 21.5. The van der Waals surface area contributed by atoms with Crippen LogP contribution in [0.2, 0.25) is 5.02 Å². The molecule has 0 spiro atoms. The maximum absolute atomic E-state index is 13.9. The summed E-state index contributed by atoms with van der Waals surface area (Å²) in [5, 5.41) is 3.37. The molecule has 0 aliphatic carbocycles. The van der Waals surface area contributed by atoms with Crippen LogP contribution in [-0.4, -0.2) is 44.3 Å². The van der Waals surface area contributed by atoms with Gasteiger partial charge < -0.3 is 10.2 Å². The lowest BCUT2D eigenvalue weighted by Gasteiger charge is -2.32. The SMILES string of the molecule is CC(C)CNC(=O)[C@H](C)N(Cc1cccc(Cl)c1)C(=O)CN(c1ccc(I)cc1)S(=O)(=O)c1ccccc1. The van der Waals surface area contributed by atoms with Gasteiger partial charge in [-0.1, -0.05) is 55.8 Å². The number of carbonyl (C=O) groups is 2. The van der Waals surface area contributed by atoms with E-state index >= 15 is 0 Å². The lowest BCUT2D eigenvalue weighted by Crippen LogP contribution is -2.51. The largest absolute Gasteiger partial charge is 0.354 e. The van der Waals surface area contributed by atoms with Gasteiger partial charge in [0.05, 0.1) is 10.6 Å². The average molecular weight is 668 g/mol. The van der Waals surface area contributed by atoms with E-state index in [-0.39, 0.29) is 23.3 Å². The van der Waals surface area contributed by atoms with E-state index in [4.69, 9.17) is 11.6 Å². The summed E-state index contributed by atoms with van der Waals surface area (Å²) in [5.41, 5.74) is 1.07. The summed E-state index contributed by atoms with van der Waals surface area (Å²) in [6.45, 7) is 5.65. The number of sulfonamides is 1. The number of nitrogens with zero attached hydrogens (tertiary/aromatic N) is 2. The van der Waals surface area contributed by atoms with Crippen LogP contribution in [0, 0.1) is 9.49 Å². The van der Waals surface area contributed by atoms with E-state index in [1.165, 1.54) is 17.0 Å². The van der Waals surface area contributed by atoms with Crippen molar-refractivity contribution in [1.82, 2.24) is 10.2 Å². The fourth-order valence-electron chi connectivity index (χ4n) is 3.72. The molecule has 0 saturated carbocycles. The van der Waals surface area contributed by atoms with Gasteiger partial charge in [-0.2, -0.15) is 0 Å². The van der Waals surface area contributed by atoms with Crippen molar-refractivity contribution in [1.29, 1.82) is 0 Å². The highest BCUT2D eigenvalue weighted by molar-refractivity contribution is 14.1. The summed E-state index contributed by atoms with van der Waals surface area (Å²) >= 11 is 8.30.